The van der Waals surface area contributed by atoms with E-state index in [9.17, 15) is 0 Å². The first-order valence-corrected chi connectivity index (χ1v) is 11.8. The molecule has 0 aliphatic heterocycles. The van der Waals surface area contributed by atoms with E-state index >= 15 is 4.39 Å². The minimum Gasteiger partial charge on any atom is -0.307 e. The van der Waals surface area contributed by atoms with Crippen LogP contribution in [0.1, 0.15) is 43.0 Å². The summed E-state index contributed by atoms with van der Waals surface area (Å²) in [5, 5.41) is 5.45. The predicted molar refractivity (Wildman–Crippen MR) is 137 cm³/mol. The second kappa shape index (κ2) is 6.44. The molecule has 3 aromatic heterocycles. The first-order valence-electron chi connectivity index (χ1n) is 11.8. The summed E-state index contributed by atoms with van der Waals surface area (Å²) in [5.74, 6) is -0.171. The van der Waals surface area contributed by atoms with Gasteiger partial charge < -0.3 is 4.40 Å². The van der Waals surface area contributed by atoms with Gasteiger partial charge >= 0.3 is 0 Å². The molecular weight excluding hydrogens is 407 g/mol. The molecule has 6 aromatic rings. The van der Waals surface area contributed by atoms with Crippen molar-refractivity contribution in [3.05, 3.63) is 70.7 Å². The van der Waals surface area contributed by atoms with Gasteiger partial charge in [0.2, 0.25) is 11.7 Å². The third kappa shape index (κ3) is 2.62. The molecule has 0 aliphatic rings. The average Bonchev–Trinajstić information content (AvgIpc) is 3.07. The molecule has 2 nitrogen and oxygen atoms in total. The standard InChI is InChI=1S/C30H30FN2/c1-16-13-17(2)27-24(18(16)3)29-26-20(22(31)15-32(29)7)11-12-21-25-19(14-30(4,5)6)9-8-10-23(25)33(27)28(21)26/h8-13,15H,14H2,1-7H3/q+1. The van der Waals surface area contributed by atoms with Crippen molar-refractivity contribution in [3.8, 4) is 0 Å². The lowest BCUT2D eigenvalue weighted by Gasteiger charge is -2.19. The van der Waals surface area contributed by atoms with Gasteiger partial charge in [-0.3, -0.25) is 0 Å². The summed E-state index contributed by atoms with van der Waals surface area (Å²) in [6, 6.07) is 13.1. The van der Waals surface area contributed by atoms with E-state index in [0.717, 1.165) is 22.8 Å². The Kier molecular flexibility index (Phi) is 3.98. The van der Waals surface area contributed by atoms with Crippen molar-refractivity contribution in [3.63, 3.8) is 0 Å². The van der Waals surface area contributed by atoms with Gasteiger partial charge in [-0.2, -0.15) is 8.96 Å². The fourth-order valence-electron chi connectivity index (χ4n) is 6.05. The van der Waals surface area contributed by atoms with Crippen molar-refractivity contribution in [1.29, 1.82) is 0 Å². The van der Waals surface area contributed by atoms with Crippen LogP contribution in [-0.4, -0.2) is 4.40 Å². The van der Waals surface area contributed by atoms with E-state index in [1.807, 2.05) is 17.7 Å². The molecule has 3 heterocycles. The molecule has 0 radical (unpaired) electrons. The Labute approximate surface area is 193 Å². The zero-order chi connectivity index (χ0) is 23.4. The summed E-state index contributed by atoms with van der Waals surface area (Å²) in [5.41, 5.74) is 9.99. The first kappa shape index (κ1) is 20.4. The highest BCUT2D eigenvalue weighted by Gasteiger charge is 2.28. The molecule has 166 valence electrons. The number of halogens is 1. The molecule has 3 heteroatoms. The van der Waals surface area contributed by atoms with Crippen LogP contribution in [0.15, 0.2) is 42.6 Å². The number of fused-ring (bicyclic) bond motifs is 6. The Morgan fingerprint density at radius 3 is 2.33 bits per heavy atom. The number of pyridine rings is 2. The van der Waals surface area contributed by atoms with Gasteiger partial charge in [0, 0.05) is 16.2 Å². The highest BCUT2D eigenvalue weighted by molar-refractivity contribution is 6.28. The number of aryl methyl sites for hydroxylation is 4. The van der Waals surface area contributed by atoms with Gasteiger partial charge in [-0.25, -0.2) is 0 Å². The van der Waals surface area contributed by atoms with E-state index in [-0.39, 0.29) is 11.2 Å². The molecular formula is C30H30FN2+. The number of nitrogens with zero attached hydrogens (tertiary/aromatic N) is 2. The quantitative estimate of drug-likeness (QED) is 0.143. The molecule has 0 unspecified atom stereocenters. The highest BCUT2D eigenvalue weighted by Crippen LogP contribution is 2.44. The maximum absolute atomic E-state index is 15.3. The number of hydrogen-bond donors (Lipinski definition) is 0. The van der Waals surface area contributed by atoms with E-state index < -0.39 is 0 Å². The smallest absolute Gasteiger partial charge is 0.224 e. The third-order valence-corrected chi connectivity index (χ3v) is 7.39. The van der Waals surface area contributed by atoms with E-state index in [2.05, 4.69) is 76.3 Å². The Bertz CT molecular complexity index is 1760. The summed E-state index contributed by atoms with van der Waals surface area (Å²) < 4.78 is 19.7. The van der Waals surface area contributed by atoms with Crippen molar-refractivity contribution >= 4 is 49.0 Å². The monoisotopic (exact) mass is 437 g/mol. The van der Waals surface area contributed by atoms with Crippen LogP contribution < -0.4 is 4.57 Å². The first-order chi connectivity index (χ1) is 15.6. The van der Waals surface area contributed by atoms with Crippen LogP contribution in [-0.2, 0) is 13.5 Å². The van der Waals surface area contributed by atoms with E-state index in [4.69, 9.17) is 0 Å². The van der Waals surface area contributed by atoms with Crippen LogP contribution in [0.5, 0.6) is 0 Å². The molecule has 0 saturated heterocycles. The van der Waals surface area contributed by atoms with Crippen LogP contribution in [0.3, 0.4) is 0 Å². The topological polar surface area (TPSA) is 8.29 Å². The van der Waals surface area contributed by atoms with Crippen LogP contribution in [0.2, 0.25) is 0 Å². The molecule has 0 fully saturated rings. The number of aromatic nitrogens is 2. The zero-order valence-electron chi connectivity index (χ0n) is 20.5. The van der Waals surface area contributed by atoms with Crippen LogP contribution in [0, 0.1) is 32.0 Å². The van der Waals surface area contributed by atoms with E-state index in [1.54, 1.807) is 6.20 Å². The highest BCUT2D eigenvalue weighted by atomic mass is 19.1. The van der Waals surface area contributed by atoms with Crippen molar-refractivity contribution in [2.24, 2.45) is 12.5 Å². The van der Waals surface area contributed by atoms with Crippen LogP contribution >= 0.6 is 0 Å². The molecule has 6 rings (SSSR count). The number of benzene rings is 3. The van der Waals surface area contributed by atoms with Gasteiger partial charge in [-0.1, -0.05) is 51.1 Å². The molecule has 0 amide bonds. The molecule has 0 N–H and O–H groups in total. The number of rotatable bonds is 1. The van der Waals surface area contributed by atoms with Crippen molar-refractivity contribution in [2.45, 2.75) is 48.0 Å². The Morgan fingerprint density at radius 2 is 1.61 bits per heavy atom. The van der Waals surface area contributed by atoms with Gasteiger partial charge in [0.15, 0.2) is 5.82 Å². The summed E-state index contributed by atoms with van der Waals surface area (Å²) in [6.45, 7) is 13.4. The lowest BCUT2D eigenvalue weighted by atomic mass is 9.86. The van der Waals surface area contributed by atoms with Crippen molar-refractivity contribution in [2.75, 3.05) is 0 Å². The molecule has 0 atom stereocenters. The van der Waals surface area contributed by atoms with E-state index in [1.165, 1.54) is 49.4 Å². The second-order valence-electron chi connectivity index (χ2n) is 11.1. The molecule has 0 saturated carbocycles. The largest absolute Gasteiger partial charge is 0.307 e. The summed E-state index contributed by atoms with van der Waals surface area (Å²) >= 11 is 0. The second-order valence-corrected chi connectivity index (χ2v) is 11.1. The lowest BCUT2D eigenvalue weighted by Crippen LogP contribution is -2.30. The van der Waals surface area contributed by atoms with Crippen molar-refractivity contribution < 1.29 is 8.96 Å². The van der Waals surface area contributed by atoms with Gasteiger partial charge in [-0.15, -0.1) is 0 Å². The molecule has 33 heavy (non-hydrogen) atoms. The van der Waals surface area contributed by atoms with Gasteiger partial charge in [0.05, 0.1) is 27.3 Å². The lowest BCUT2D eigenvalue weighted by molar-refractivity contribution is -0.645. The Balaban J connectivity index is 2.03. The average molecular weight is 438 g/mol. The van der Waals surface area contributed by atoms with Gasteiger partial charge in [-0.05, 0) is 60.9 Å². The van der Waals surface area contributed by atoms with Crippen molar-refractivity contribution in [1.82, 2.24) is 4.40 Å². The zero-order valence-corrected chi connectivity index (χ0v) is 20.5. The molecule has 0 bridgehead atoms. The molecule has 3 aromatic carbocycles. The van der Waals surface area contributed by atoms with E-state index in [0.29, 0.717) is 5.39 Å². The SMILES string of the molecule is Cc1cc(C)c2c(c1C)c1c3c(ccc4c5c(CC(C)(C)C)cccc5n2c43)c(F)c[n+]1C. The van der Waals surface area contributed by atoms with Gasteiger partial charge in [0.1, 0.15) is 7.05 Å². The van der Waals surface area contributed by atoms with Crippen LogP contribution in [0.4, 0.5) is 4.39 Å². The molecule has 0 spiro atoms. The third-order valence-electron chi connectivity index (χ3n) is 7.39. The summed E-state index contributed by atoms with van der Waals surface area (Å²) in [7, 11) is 1.97. The normalized spacial score (nSPS) is 13.0. The fraction of sp³-hybridized carbons (Fsp3) is 0.300. The maximum Gasteiger partial charge on any atom is 0.224 e. The summed E-state index contributed by atoms with van der Waals surface area (Å²) in [4.78, 5) is 0. The molecule has 0 aliphatic carbocycles. The van der Waals surface area contributed by atoms with Crippen LogP contribution in [0.25, 0.3) is 49.0 Å². The maximum atomic E-state index is 15.3. The predicted octanol–water partition coefficient (Wildman–Crippen LogP) is 7.47. The minimum atomic E-state index is -0.171. The Hall–Kier alpha value is -3.20. The number of hydrogen-bond acceptors (Lipinski definition) is 0. The summed E-state index contributed by atoms with van der Waals surface area (Å²) in [6.07, 6.45) is 2.62. The Morgan fingerprint density at radius 1 is 0.879 bits per heavy atom. The van der Waals surface area contributed by atoms with Gasteiger partial charge in [0.25, 0.3) is 0 Å². The minimum absolute atomic E-state index is 0.171. The fourth-order valence-corrected chi connectivity index (χ4v) is 6.05.